The Hall–Kier alpha value is 0.360. The average molecular weight is 330 g/mol. The predicted octanol–water partition coefficient (Wildman–Crippen LogP) is 4.68. The van der Waals surface area contributed by atoms with Crippen LogP contribution >= 0.6 is 34.9 Å². The molecule has 0 amide bonds. The summed E-state index contributed by atoms with van der Waals surface area (Å²) in [7, 11) is 0. The summed E-state index contributed by atoms with van der Waals surface area (Å²) in [6.45, 7) is 5.78. The first-order valence-corrected chi connectivity index (χ1v) is 10.8. The van der Waals surface area contributed by atoms with Gasteiger partial charge in [-0.3, -0.25) is 0 Å². The van der Waals surface area contributed by atoms with Crippen LogP contribution in [0.1, 0.15) is 38.0 Å². The SMILES string of the molecule is CCCNC(CCc1cccs1)C1SCCSC1CC. The van der Waals surface area contributed by atoms with Crippen LogP contribution in [0.25, 0.3) is 0 Å². The van der Waals surface area contributed by atoms with Gasteiger partial charge in [0.25, 0.3) is 0 Å². The maximum absolute atomic E-state index is 3.84. The molecule has 1 nitrogen and oxygen atoms in total. The number of thioether (sulfide) groups is 2. The number of hydrogen-bond acceptors (Lipinski definition) is 4. The fraction of sp³-hybridized carbons (Fsp3) is 0.750. The lowest BCUT2D eigenvalue weighted by Gasteiger charge is -2.36. The summed E-state index contributed by atoms with van der Waals surface area (Å²) in [4.78, 5) is 1.54. The van der Waals surface area contributed by atoms with Crippen molar-refractivity contribution in [3.8, 4) is 0 Å². The summed E-state index contributed by atoms with van der Waals surface area (Å²) in [5, 5.41) is 7.67. The van der Waals surface area contributed by atoms with Crippen LogP contribution in [-0.4, -0.2) is 34.6 Å². The molecule has 0 aliphatic carbocycles. The largest absolute Gasteiger partial charge is 0.313 e. The van der Waals surface area contributed by atoms with E-state index in [4.69, 9.17) is 0 Å². The Balaban J connectivity index is 1.93. The second kappa shape index (κ2) is 9.39. The van der Waals surface area contributed by atoms with Gasteiger partial charge in [0, 0.05) is 32.9 Å². The molecule has 1 aromatic heterocycles. The quantitative estimate of drug-likeness (QED) is 0.744. The Bertz CT molecular complexity index is 353. The van der Waals surface area contributed by atoms with E-state index in [1.165, 1.54) is 42.1 Å². The monoisotopic (exact) mass is 329 g/mol. The van der Waals surface area contributed by atoms with Gasteiger partial charge in [-0.05, 0) is 43.7 Å². The molecule has 2 heterocycles. The van der Waals surface area contributed by atoms with Crippen molar-refractivity contribution in [1.29, 1.82) is 0 Å². The molecule has 1 aliphatic heterocycles. The first-order chi connectivity index (χ1) is 9.85. The summed E-state index contributed by atoms with van der Waals surface area (Å²) < 4.78 is 0. The van der Waals surface area contributed by atoms with E-state index in [1.807, 2.05) is 11.3 Å². The van der Waals surface area contributed by atoms with Gasteiger partial charge in [0.15, 0.2) is 0 Å². The first-order valence-electron chi connectivity index (χ1n) is 7.84. The molecular formula is C16H27NS3. The lowest BCUT2D eigenvalue weighted by molar-refractivity contribution is 0.455. The lowest BCUT2D eigenvalue weighted by Crippen LogP contribution is -2.45. The van der Waals surface area contributed by atoms with Crippen molar-refractivity contribution in [2.45, 2.75) is 56.1 Å². The molecule has 1 aromatic rings. The van der Waals surface area contributed by atoms with E-state index in [-0.39, 0.29) is 0 Å². The summed E-state index contributed by atoms with van der Waals surface area (Å²) in [6, 6.07) is 5.13. The van der Waals surface area contributed by atoms with Crippen molar-refractivity contribution < 1.29 is 0 Å². The van der Waals surface area contributed by atoms with Crippen molar-refractivity contribution >= 4 is 34.9 Å². The summed E-state index contributed by atoms with van der Waals surface area (Å²) in [6.07, 6.45) is 5.06. The fourth-order valence-electron chi connectivity index (χ4n) is 2.78. The van der Waals surface area contributed by atoms with Crippen molar-refractivity contribution in [1.82, 2.24) is 5.32 Å². The topological polar surface area (TPSA) is 12.0 Å². The highest BCUT2D eigenvalue weighted by molar-refractivity contribution is 8.07. The van der Waals surface area contributed by atoms with Gasteiger partial charge in [0.2, 0.25) is 0 Å². The minimum Gasteiger partial charge on any atom is -0.313 e. The molecule has 20 heavy (non-hydrogen) atoms. The molecule has 1 fully saturated rings. The maximum atomic E-state index is 3.84. The van der Waals surface area contributed by atoms with Crippen LogP contribution in [-0.2, 0) is 6.42 Å². The third kappa shape index (κ3) is 4.97. The molecule has 1 saturated heterocycles. The van der Waals surface area contributed by atoms with Crippen LogP contribution in [0.15, 0.2) is 17.5 Å². The standard InChI is InChI=1S/C16H27NS3/c1-3-9-17-14(8-7-13-6-5-10-18-13)16-15(4-2)19-11-12-20-16/h5-6,10,14-17H,3-4,7-9,11-12H2,1-2H3. The first kappa shape index (κ1) is 16.7. The van der Waals surface area contributed by atoms with E-state index in [2.05, 4.69) is 60.2 Å². The number of thiophene rings is 1. The molecule has 0 saturated carbocycles. The van der Waals surface area contributed by atoms with Crippen LogP contribution in [0.2, 0.25) is 0 Å². The normalized spacial score (nSPS) is 24.7. The Morgan fingerprint density at radius 1 is 1.30 bits per heavy atom. The zero-order chi connectivity index (χ0) is 14.2. The number of nitrogens with one attached hydrogen (secondary N) is 1. The molecule has 3 unspecified atom stereocenters. The Morgan fingerprint density at radius 2 is 2.15 bits per heavy atom. The number of hydrogen-bond donors (Lipinski definition) is 1. The molecule has 0 aromatic carbocycles. The molecule has 0 radical (unpaired) electrons. The highest BCUT2D eigenvalue weighted by Crippen LogP contribution is 2.36. The zero-order valence-electron chi connectivity index (χ0n) is 12.6. The summed E-state index contributed by atoms with van der Waals surface area (Å²) in [5.74, 6) is 2.67. The second-order valence-electron chi connectivity index (χ2n) is 5.33. The van der Waals surface area contributed by atoms with Crippen molar-refractivity contribution in [3.63, 3.8) is 0 Å². The Labute approximate surface area is 136 Å². The molecule has 3 atom stereocenters. The van der Waals surface area contributed by atoms with Crippen LogP contribution in [0.4, 0.5) is 0 Å². The van der Waals surface area contributed by atoms with Crippen molar-refractivity contribution in [2.24, 2.45) is 0 Å². The van der Waals surface area contributed by atoms with Crippen molar-refractivity contribution in [3.05, 3.63) is 22.4 Å². The average Bonchev–Trinajstić information content (AvgIpc) is 3.01. The van der Waals surface area contributed by atoms with Gasteiger partial charge in [0.1, 0.15) is 0 Å². The molecule has 0 spiro atoms. The molecule has 0 bridgehead atoms. The fourth-order valence-corrected chi connectivity index (χ4v) is 6.80. The number of aryl methyl sites for hydroxylation is 1. The van der Waals surface area contributed by atoms with Gasteiger partial charge in [-0.25, -0.2) is 0 Å². The summed E-state index contributed by atoms with van der Waals surface area (Å²) in [5.41, 5.74) is 0. The van der Waals surface area contributed by atoms with Crippen LogP contribution in [0, 0.1) is 0 Å². The molecular weight excluding hydrogens is 302 g/mol. The molecule has 2 rings (SSSR count). The van der Waals surface area contributed by atoms with E-state index in [0.717, 1.165) is 17.0 Å². The van der Waals surface area contributed by atoms with E-state index in [9.17, 15) is 0 Å². The van der Waals surface area contributed by atoms with Gasteiger partial charge >= 0.3 is 0 Å². The Morgan fingerprint density at radius 3 is 2.85 bits per heavy atom. The van der Waals surface area contributed by atoms with E-state index in [1.54, 1.807) is 0 Å². The van der Waals surface area contributed by atoms with E-state index < -0.39 is 0 Å². The summed E-state index contributed by atoms with van der Waals surface area (Å²) >= 11 is 6.31. The highest BCUT2D eigenvalue weighted by Gasteiger charge is 2.31. The van der Waals surface area contributed by atoms with Crippen LogP contribution < -0.4 is 5.32 Å². The van der Waals surface area contributed by atoms with E-state index >= 15 is 0 Å². The van der Waals surface area contributed by atoms with Gasteiger partial charge in [-0.1, -0.05) is 19.9 Å². The van der Waals surface area contributed by atoms with E-state index in [0.29, 0.717) is 6.04 Å². The lowest BCUT2D eigenvalue weighted by atomic mass is 10.0. The van der Waals surface area contributed by atoms with Gasteiger partial charge < -0.3 is 5.32 Å². The van der Waals surface area contributed by atoms with Crippen LogP contribution in [0.3, 0.4) is 0 Å². The minimum atomic E-state index is 0.680. The van der Waals surface area contributed by atoms with Gasteiger partial charge in [-0.2, -0.15) is 23.5 Å². The molecule has 1 N–H and O–H groups in total. The maximum Gasteiger partial charge on any atom is 0.0320 e. The third-order valence-electron chi connectivity index (χ3n) is 3.83. The minimum absolute atomic E-state index is 0.680. The highest BCUT2D eigenvalue weighted by atomic mass is 32.2. The second-order valence-corrected chi connectivity index (χ2v) is 9.00. The zero-order valence-corrected chi connectivity index (χ0v) is 15.1. The molecule has 114 valence electrons. The Kier molecular flexibility index (Phi) is 7.85. The van der Waals surface area contributed by atoms with Crippen LogP contribution in [0.5, 0.6) is 0 Å². The molecule has 4 heteroatoms. The predicted molar refractivity (Wildman–Crippen MR) is 97.5 cm³/mol. The van der Waals surface area contributed by atoms with Gasteiger partial charge in [0.05, 0.1) is 0 Å². The number of rotatable bonds is 8. The third-order valence-corrected chi connectivity index (χ3v) is 8.17. The van der Waals surface area contributed by atoms with Gasteiger partial charge in [-0.15, -0.1) is 11.3 Å². The molecule has 1 aliphatic rings. The smallest absolute Gasteiger partial charge is 0.0320 e. The van der Waals surface area contributed by atoms with Crippen molar-refractivity contribution in [2.75, 3.05) is 18.1 Å².